The van der Waals surface area contributed by atoms with Crippen molar-refractivity contribution in [3.63, 3.8) is 0 Å². The lowest BCUT2D eigenvalue weighted by molar-refractivity contribution is -0.120. The third kappa shape index (κ3) is 3.90. The zero-order valence-electron chi connectivity index (χ0n) is 16.9. The Kier molecular flexibility index (Phi) is 5.89. The van der Waals surface area contributed by atoms with E-state index in [2.05, 4.69) is 22.4 Å². The normalized spacial score (nSPS) is 15.9. The first-order chi connectivity index (χ1) is 14.1. The molecule has 2 aromatic heterocycles. The van der Waals surface area contributed by atoms with Gasteiger partial charge in [-0.25, -0.2) is 0 Å². The summed E-state index contributed by atoms with van der Waals surface area (Å²) in [5.41, 5.74) is 0.730. The molecule has 0 bridgehead atoms. The lowest BCUT2D eigenvalue weighted by Crippen LogP contribution is -2.37. The molecule has 29 heavy (non-hydrogen) atoms. The molecular formula is C21H27N5O2S. The number of nitrogens with zero attached hydrogens (tertiary/aromatic N) is 4. The zero-order valence-corrected chi connectivity index (χ0v) is 17.7. The number of rotatable bonds is 7. The molecule has 3 aromatic rings. The van der Waals surface area contributed by atoms with Crippen LogP contribution in [0.15, 0.2) is 34.2 Å². The van der Waals surface area contributed by atoms with Crippen LogP contribution in [0.4, 0.5) is 0 Å². The maximum Gasteiger partial charge on any atom is 0.262 e. The van der Waals surface area contributed by atoms with Crippen LogP contribution in [-0.4, -0.2) is 36.4 Å². The Morgan fingerprint density at radius 1 is 1.28 bits per heavy atom. The van der Waals surface area contributed by atoms with Crippen molar-refractivity contribution >= 4 is 34.3 Å². The van der Waals surface area contributed by atoms with E-state index in [0.717, 1.165) is 31.2 Å². The Morgan fingerprint density at radius 3 is 2.79 bits per heavy atom. The van der Waals surface area contributed by atoms with Crippen LogP contribution in [0.2, 0.25) is 0 Å². The molecule has 0 aliphatic heterocycles. The molecule has 0 unspecified atom stereocenters. The van der Waals surface area contributed by atoms with Crippen molar-refractivity contribution in [1.29, 1.82) is 0 Å². The highest BCUT2D eigenvalue weighted by atomic mass is 32.2. The molecule has 0 saturated heterocycles. The summed E-state index contributed by atoms with van der Waals surface area (Å²) < 4.78 is 3.61. The predicted molar refractivity (Wildman–Crippen MR) is 115 cm³/mol. The van der Waals surface area contributed by atoms with Gasteiger partial charge < -0.3 is 5.32 Å². The predicted octanol–water partition coefficient (Wildman–Crippen LogP) is 3.38. The SMILES string of the molecule is CCCCn1c(=O)c2ccccc2n2c(S[C@@H](C)C(=O)NC3CCCC3)nnc12. The van der Waals surface area contributed by atoms with Gasteiger partial charge in [-0.15, -0.1) is 10.2 Å². The third-order valence-corrected chi connectivity index (χ3v) is 6.61. The fourth-order valence-electron chi connectivity index (χ4n) is 3.93. The second kappa shape index (κ2) is 8.57. The molecule has 7 nitrogen and oxygen atoms in total. The number of nitrogens with one attached hydrogen (secondary N) is 1. The van der Waals surface area contributed by atoms with Crippen LogP contribution in [0.1, 0.15) is 52.4 Å². The first kappa shape index (κ1) is 19.9. The van der Waals surface area contributed by atoms with Gasteiger partial charge in [0.1, 0.15) is 0 Å². The highest BCUT2D eigenvalue weighted by molar-refractivity contribution is 8.00. The molecule has 0 radical (unpaired) electrons. The van der Waals surface area contributed by atoms with E-state index in [4.69, 9.17) is 0 Å². The molecule has 1 N–H and O–H groups in total. The van der Waals surface area contributed by atoms with Gasteiger partial charge in [0.2, 0.25) is 11.7 Å². The van der Waals surface area contributed by atoms with Crippen molar-refractivity contribution in [3.05, 3.63) is 34.6 Å². The smallest absolute Gasteiger partial charge is 0.262 e. The van der Waals surface area contributed by atoms with Gasteiger partial charge in [-0.05, 0) is 38.3 Å². The van der Waals surface area contributed by atoms with Gasteiger partial charge >= 0.3 is 0 Å². The summed E-state index contributed by atoms with van der Waals surface area (Å²) >= 11 is 1.39. The summed E-state index contributed by atoms with van der Waals surface area (Å²) in [5, 5.41) is 12.8. The maximum absolute atomic E-state index is 13.0. The number of para-hydroxylation sites is 1. The van der Waals surface area contributed by atoms with Gasteiger partial charge in [0.05, 0.1) is 16.2 Å². The maximum atomic E-state index is 13.0. The van der Waals surface area contributed by atoms with E-state index in [1.165, 1.54) is 24.6 Å². The highest BCUT2D eigenvalue weighted by Crippen LogP contribution is 2.26. The van der Waals surface area contributed by atoms with Crippen molar-refractivity contribution in [1.82, 2.24) is 24.5 Å². The molecule has 1 saturated carbocycles. The number of benzene rings is 1. The average molecular weight is 414 g/mol. The minimum Gasteiger partial charge on any atom is -0.352 e. The van der Waals surface area contributed by atoms with Gasteiger partial charge in [-0.1, -0.05) is 50.1 Å². The van der Waals surface area contributed by atoms with Crippen LogP contribution in [0.25, 0.3) is 16.7 Å². The van der Waals surface area contributed by atoms with E-state index in [-0.39, 0.29) is 16.7 Å². The van der Waals surface area contributed by atoms with Crippen LogP contribution in [0, 0.1) is 0 Å². The van der Waals surface area contributed by atoms with Gasteiger partial charge in [-0.3, -0.25) is 18.6 Å². The number of hydrogen-bond acceptors (Lipinski definition) is 5. The third-order valence-electron chi connectivity index (χ3n) is 5.57. The minimum absolute atomic E-state index is 0.0299. The Morgan fingerprint density at radius 2 is 2.03 bits per heavy atom. The fourth-order valence-corrected chi connectivity index (χ4v) is 4.79. The Labute approximate surface area is 173 Å². The Hall–Kier alpha value is -2.35. The molecule has 1 aliphatic carbocycles. The topological polar surface area (TPSA) is 81.3 Å². The molecule has 154 valence electrons. The molecule has 1 fully saturated rings. The van der Waals surface area contributed by atoms with E-state index in [9.17, 15) is 9.59 Å². The first-order valence-corrected chi connectivity index (χ1v) is 11.3. The molecular weight excluding hydrogens is 386 g/mol. The number of carbonyl (C=O) groups excluding carboxylic acids is 1. The number of amides is 1. The summed E-state index contributed by atoms with van der Waals surface area (Å²) in [7, 11) is 0. The van der Waals surface area contributed by atoms with E-state index in [0.29, 0.717) is 28.9 Å². The van der Waals surface area contributed by atoms with Gasteiger partial charge in [-0.2, -0.15) is 0 Å². The van der Waals surface area contributed by atoms with Gasteiger partial charge in [0.15, 0.2) is 5.16 Å². The lowest BCUT2D eigenvalue weighted by atomic mass is 10.2. The second-order valence-electron chi connectivity index (χ2n) is 7.70. The summed E-state index contributed by atoms with van der Waals surface area (Å²) in [6.45, 7) is 4.59. The number of unbranched alkanes of at least 4 members (excludes halogenated alkanes) is 1. The zero-order chi connectivity index (χ0) is 20.4. The monoisotopic (exact) mass is 413 g/mol. The Balaban J connectivity index is 1.70. The number of thioether (sulfide) groups is 1. The molecule has 4 rings (SSSR count). The molecule has 1 amide bonds. The molecule has 1 aromatic carbocycles. The van der Waals surface area contributed by atoms with E-state index < -0.39 is 0 Å². The fraction of sp³-hybridized carbons (Fsp3) is 0.524. The second-order valence-corrected chi connectivity index (χ2v) is 9.00. The minimum atomic E-state index is -0.294. The summed E-state index contributed by atoms with van der Waals surface area (Å²) in [4.78, 5) is 25.6. The summed E-state index contributed by atoms with van der Waals surface area (Å²) in [6, 6.07) is 7.81. The molecule has 8 heteroatoms. The molecule has 1 aliphatic rings. The number of carbonyl (C=O) groups is 1. The largest absolute Gasteiger partial charge is 0.352 e. The molecule has 2 heterocycles. The van der Waals surface area contributed by atoms with E-state index in [1.807, 2.05) is 35.6 Å². The quantitative estimate of drug-likeness (QED) is 0.601. The number of hydrogen-bond donors (Lipinski definition) is 1. The first-order valence-electron chi connectivity index (χ1n) is 10.4. The number of aromatic nitrogens is 4. The lowest BCUT2D eigenvalue weighted by Gasteiger charge is -2.16. The summed E-state index contributed by atoms with van der Waals surface area (Å²) in [5.74, 6) is 0.565. The number of aryl methyl sites for hydroxylation is 1. The average Bonchev–Trinajstić information content (AvgIpc) is 3.38. The summed E-state index contributed by atoms with van der Waals surface area (Å²) in [6.07, 6.45) is 6.37. The molecule has 1 atom stereocenters. The van der Waals surface area contributed by atoms with Gasteiger partial charge in [0, 0.05) is 12.6 Å². The van der Waals surface area contributed by atoms with E-state index in [1.54, 1.807) is 4.57 Å². The standard InChI is InChI=1S/C21H27N5O2S/c1-3-4-13-25-19(28)16-11-7-8-12-17(16)26-20(25)23-24-21(26)29-14(2)18(27)22-15-9-5-6-10-15/h7-8,11-12,14-15H,3-6,9-10,13H2,1-2H3,(H,22,27)/t14-/m0/s1. The Bertz CT molecular complexity index is 1080. The van der Waals surface area contributed by atoms with Crippen LogP contribution < -0.4 is 10.9 Å². The van der Waals surface area contributed by atoms with Crippen LogP contribution in [0.3, 0.4) is 0 Å². The van der Waals surface area contributed by atoms with Crippen molar-refractivity contribution < 1.29 is 4.79 Å². The van der Waals surface area contributed by atoms with Crippen LogP contribution in [-0.2, 0) is 11.3 Å². The van der Waals surface area contributed by atoms with E-state index >= 15 is 0 Å². The van der Waals surface area contributed by atoms with Crippen molar-refractivity contribution in [2.24, 2.45) is 0 Å². The van der Waals surface area contributed by atoms with Crippen LogP contribution >= 0.6 is 11.8 Å². The number of fused-ring (bicyclic) bond motifs is 3. The van der Waals surface area contributed by atoms with Gasteiger partial charge in [0.25, 0.3) is 5.56 Å². The van der Waals surface area contributed by atoms with Crippen molar-refractivity contribution in [3.8, 4) is 0 Å². The van der Waals surface area contributed by atoms with Crippen molar-refractivity contribution in [2.75, 3.05) is 0 Å². The van der Waals surface area contributed by atoms with Crippen molar-refractivity contribution in [2.45, 2.75) is 75.4 Å². The van der Waals surface area contributed by atoms with Crippen LogP contribution in [0.5, 0.6) is 0 Å². The molecule has 0 spiro atoms. The highest BCUT2D eigenvalue weighted by Gasteiger charge is 2.24.